The molecular formula is C20H17N3O2S. The molecule has 0 atom stereocenters. The Morgan fingerprint density at radius 3 is 2.62 bits per heavy atom. The average Bonchev–Trinajstić information content (AvgIpc) is 3.03. The lowest BCUT2D eigenvalue weighted by Gasteiger charge is -2.09. The second-order valence-corrected chi connectivity index (χ2v) is 7.03. The van der Waals surface area contributed by atoms with Crippen molar-refractivity contribution in [3.63, 3.8) is 0 Å². The molecule has 0 saturated heterocycles. The van der Waals surface area contributed by atoms with Crippen molar-refractivity contribution < 1.29 is 9.53 Å². The summed E-state index contributed by atoms with van der Waals surface area (Å²) in [5.74, 6) is 0.200. The van der Waals surface area contributed by atoms with E-state index in [2.05, 4.69) is 11.4 Å². The summed E-state index contributed by atoms with van der Waals surface area (Å²) in [7, 11) is 1.58. The predicted octanol–water partition coefficient (Wildman–Crippen LogP) is 4.05. The SMILES string of the molecule is COc1ccc(/C=C(/C#N)C(=O)Nc2sc3c(c2C#N)CCCC3)cc1. The molecule has 130 valence electrons. The summed E-state index contributed by atoms with van der Waals surface area (Å²) < 4.78 is 5.10. The van der Waals surface area contributed by atoms with Crippen molar-refractivity contribution in [3.8, 4) is 17.9 Å². The lowest BCUT2D eigenvalue weighted by molar-refractivity contribution is -0.112. The number of nitrogens with one attached hydrogen (secondary N) is 1. The summed E-state index contributed by atoms with van der Waals surface area (Å²) >= 11 is 1.45. The Labute approximate surface area is 156 Å². The fourth-order valence-electron chi connectivity index (χ4n) is 2.96. The fourth-order valence-corrected chi connectivity index (χ4v) is 4.19. The van der Waals surface area contributed by atoms with E-state index in [0.29, 0.717) is 16.3 Å². The van der Waals surface area contributed by atoms with Gasteiger partial charge in [0.05, 0.1) is 12.7 Å². The predicted molar refractivity (Wildman–Crippen MR) is 101 cm³/mol. The van der Waals surface area contributed by atoms with Crippen molar-refractivity contribution in [2.45, 2.75) is 25.7 Å². The lowest BCUT2D eigenvalue weighted by atomic mass is 9.96. The highest BCUT2D eigenvalue weighted by atomic mass is 32.1. The van der Waals surface area contributed by atoms with Gasteiger partial charge in [-0.3, -0.25) is 4.79 Å². The number of anilines is 1. The zero-order valence-electron chi connectivity index (χ0n) is 14.3. The second kappa shape index (κ2) is 7.86. The molecule has 0 bridgehead atoms. The highest BCUT2D eigenvalue weighted by Gasteiger charge is 2.22. The minimum absolute atomic E-state index is 0.00886. The lowest BCUT2D eigenvalue weighted by Crippen LogP contribution is -2.13. The van der Waals surface area contributed by atoms with Crippen molar-refractivity contribution in [3.05, 3.63) is 51.4 Å². The Morgan fingerprint density at radius 1 is 1.23 bits per heavy atom. The van der Waals surface area contributed by atoms with Gasteiger partial charge in [-0.05, 0) is 55.0 Å². The maximum atomic E-state index is 12.5. The molecule has 0 unspecified atom stereocenters. The van der Waals surface area contributed by atoms with Gasteiger partial charge in [-0.2, -0.15) is 10.5 Å². The van der Waals surface area contributed by atoms with Gasteiger partial charge in [0.25, 0.3) is 5.91 Å². The number of nitrogens with zero attached hydrogens (tertiary/aromatic N) is 2. The number of carbonyl (C=O) groups excluding carboxylic acids is 1. The van der Waals surface area contributed by atoms with E-state index in [9.17, 15) is 15.3 Å². The van der Waals surface area contributed by atoms with Gasteiger partial charge in [0, 0.05) is 4.88 Å². The number of hydrogen-bond donors (Lipinski definition) is 1. The normalized spacial score (nSPS) is 13.3. The molecule has 1 aromatic heterocycles. The zero-order valence-corrected chi connectivity index (χ0v) is 15.2. The zero-order chi connectivity index (χ0) is 18.5. The summed E-state index contributed by atoms with van der Waals surface area (Å²) in [6, 6.07) is 11.2. The van der Waals surface area contributed by atoms with Gasteiger partial charge in [-0.25, -0.2) is 0 Å². The van der Waals surface area contributed by atoms with Gasteiger partial charge in [-0.15, -0.1) is 11.3 Å². The van der Waals surface area contributed by atoms with Crippen LogP contribution in [0.5, 0.6) is 5.75 Å². The summed E-state index contributed by atoms with van der Waals surface area (Å²) in [5, 5.41) is 22.1. The molecule has 0 spiro atoms. The number of amides is 1. The van der Waals surface area contributed by atoms with Crippen LogP contribution < -0.4 is 10.1 Å². The van der Waals surface area contributed by atoms with E-state index < -0.39 is 5.91 Å². The number of carbonyl (C=O) groups is 1. The molecule has 0 aliphatic heterocycles. The molecule has 1 N–H and O–H groups in total. The van der Waals surface area contributed by atoms with Crippen LogP contribution in [-0.4, -0.2) is 13.0 Å². The van der Waals surface area contributed by atoms with E-state index >= 15 is 0 Å². The summed E-state index contributed by atoms with van der Waals surface area (Å²) in [5.41, 5.74) is 2.31. The molecule has 2 aromatic rings. The molecule has 5 nitrogen and oxygen atoms in total. The first kappa shape index (κ1) is 17.7. The van der Waals surface area contributed by atoms with Crippen LogP contribution in [0.4, 0.5) is 5.00 Å². The van der Waals surface area contributed by atoms with Gasteiger partial charge in [-0.1, -0.05) is 12.1 Å². The largest absolute Gasteiger partial charge is 0.497 e. The molecule has 1 amide bonds. The van der Waals surface area contributed by atoms with E-state index in [1.807, 2.05) is 6.07 Å². The number of rotatable bonds is 4. The van der Waals surface area contributed by atoms with Crippen LogP contribution in [0.2, 0.25) is 0 Å². The standard InChI is InChI=1S/C20H17N3O2S/c1-25-15-8-6-13(7-9-15)10-14(11-21)19(24)23-20-17(12-22)16-4-2-3-5-18(16)26-20/h6-10H,2-5H2,1H3,(H,23,24)/b14-10-. The van der Waals surface area contributed by atoms with E-state index in [1.165, 1.54) is 22.3 Å². The van der Waals surface area contributed by atoms with E-state index in [0.717, 1.165) is 36.8 Å². The van der Waals surface area contributed by atoms with Gasteiger partial charge < -0.3 is 10.1 Å². The number of nitriles is 2. The first-order chi connectivity index (χ1) is 12.7. The fraction of sp³-hybridized carbons (Fsp3) is 0.250. The molecule has 1 aliphatic rings. The average molecular weight is 363 g/mol. The molecule has 26 heavy (non-hydrogen) atoms. The highest BCUT2D eigenvalue weighted by molar-refractivity contribution is 7.16. The number of methoxy groups -OCH3 is 1. The summed E-state index contributed by atoms with van der Waals surface area (Å²) in [4.78, 5) is 13.7. The Morgan fingerprint density at radius 2 is 1.96 bits per heavy atom. The molecule has 0 radical (unpaired) electrons. The third-order valence-electron chi connectivity index (χ3n) is 4.30. The molecule has 3 rings (SSSR count). The van der Waals surface area contributed by atoms with Crippen LogP contribution in [0.3, 0.4) is 0 Å². The molecule has 0 saturated carbocycles. The number of hydrogen-bond acceptors (Lipinski definition) is 5. The smallest absolute Gasteiger partial charge is 0.266 e. The van der Waals surface area contributed by atoms with Gasteiger partial charge >= 0.3 is 0 Å². The molecule has 1 aliphatic carbocycles. The quantitative estimate of drug-likeness (QED) is 0.656. The van der Waals surface area contributed by atoms with Crippen molar-refractivity contribution in [2.75, 3.05) is 12.4 Å². The highest BCUT2D eigenvalue weighted by Crippen LogP contribution is 2.37. The van der Waals surface area contributed by atoms with Gasteiger partial charge in [0.15, 0.2) is 0 Å². The molecular weight excluding hydrogens is 346 g/mol. The molecule has 1 heterocycles. The van der Waals surface area contributed by atoms with Crippen LogP contribution in [0, 0.1) is 22.7 Å². The third kappa shape index (κ3) is 3.61. The first-order valence-corrected chi connectivity index (χ1v) is 9.09. The van der Waals surface area contributed by atoms with Crippen LogP contribution in [0.1, 0.15) is 34.4 Å². The van der Waals surface area contributed by atoms with E-state index in [4.69, 9.17) is 4.74 Å². The van der Waals surface area contributed by atoms with Crippen LogP contribution in [0.15, 0.2) is 29.8 Å². The first-order valence-electron chi connectivity index (χ1n) is 8.28. The Balaban J connectivity index is 1.84. The maximum Gasteiger partial charge on any atom is 0.266 e. The Kier molecular flexibility index (Phi) is 5.36. The Hall–Kier alpha value is -3.09. The van der Waals surface area contributed by atoms with Crippen molar-refractivity contribution >= 4 is 28.3 Å². The second-order valence-electron chi connectivity index (χ2n) is 5.92. The molecule has 6 heteroatoms. The van der Waals surface area contributed by atoms with Gasteiger partial charge in [0.1, 0.15) is 28.5 Å². The Bertz CT molecular complexity index is 943. The maximum absolute atomic E-state index is 12.5. The molecule has 1 aromatic carbocycles. The number of thiophene rings is 1. The van der Waals surface area contributed by atoms with Crippen LogP contribution >= 0.6 is 11.3 Å². The number of benzene rings is 1. The van der Waals surface area contributed by atoms with Crippen LogP contribution in [-0.2, 0) is 17.6 Å². The monoisotopic (exact) mass is 363 g/mol. The van der Waals surface area contributed by atoms with Crippen LogP contribution in [0.25, 0.3) is 6.08 Å². The minimum Gasteiger partial charge on any atom is -0.497 e. The topological polar surface area (TPSA) is 85.9 Å². The van der Waals surface area contributed by atoms with E-state index in [-0.39, 0.29) is 5.57 Å². The number of fused-ring (bicyclic) bond motifs is 1. The van der Waals surface area contributed by atoms with Crippen molar-refractivity contribution in [1.82, 2.24) is 0 Å². The minimum atomic E-state index is -0.501. The molecule has 0 fully saturated rings. The summed E-state index contributed by atoms with van der Waals surface area (Å²) in [6.07, 6.45) is 5.50. The van der Waals surface area contributed by atoms with Crippen molar-refractivity contribution in [2.24, 2.45) is 0 Å². The van der Waals surface area contributed by atoms with E-state index in [1.54, 1.807) is 31.4 Å². The third-order valence-corrected chi connectivity index (χ3v) is 5.51. The number of aryl methyl sites for hydroxylation is 1. The van der Waals surface area contributed by atoms with Gasteiger partial charge in [0.2, 0.25) is 0 Å². The summed E-state index contributed by atoms with van der Waals surface area (Å²) in [6.45, 7) is 0. The van der Waals surface area contributed by atoms with Crippen molar-refractivity contribution in [1.29, 1.82) is 10.5 Å². The number of ether oxygens (including phenoxy) is 1.